The van der Waals surface area contributed by atoms with E-state index in [0.717, 1.165) is 12.8 Å². The third-order valence-corrected chi connectivity index (χ3v) is 3.08. The van der Waals surface area contributed by atoms with Crippen LogP contribution in [0.4, 0.5) is 3.89 Å². The highest BCUT2D eigenvalue weighted by Crippen LogP contribution is 2.15. The summed E-state index contributed by atoms with van der Waals surface area (Å²) in [6.45, 7) is 6.39. The Kier molecular flexibility index (Phi) is 4.62. The van der Waals surface area contributed by atoms with Gasteiger partial charge < -0.3 is 0 Å². The molecule has 0 aliphatic heterocycles. The summed E-state index contributed by atoms with van der Waals surface area (Å²) in [4.78, 5) is 0. The largest absolute Gasteiger partial charge is 0.368 e. The molecule has 7 heteroatoms. The van der Waals surface area contributed by atoms with Crippen LogP contribution in [0.5, 0.6) is 0 Å². The molecule has 0 aliphatic carbocycles. The monoisotopic (exact) mass is 263 g/mol. The molecule has 1 rings (SSSR count). The van der Waals surface area contributed by atoms with Crippen molar-refractivity contribution < 1.29 is 12.3 Å². The summed E-state index contributed by atoms with van der Waals surface area (Å²) in [6.07, 6.45) is 2.25. The predicted octanol–water partition coefficient (Wildman–Crippen LogP) is 1.93. The second-order valence-electron chi connectivity index (χ2n) is 4.44. The van der Waals surface area contributed by atoms with Crippen LogP contribution in [0.3, 0.4) is 0 Å². The number of rotatable bonds is 6. The standard InChI is InChI=1S/C10H18FN3O2S/c1-4-5-6-14-9(7-8(2)3)12-13-10(14)17(11,15)16/h8H,4-7H2,1-3H3. The maximum Gasteiger partial charge on any atom is 0.368 e. The highest BCUT2D eigenvalue weighted by Gasteiger charge is 2.23. The normalized spacial score (nSPS) is 12.3. The molecule has 0 N–H and O–H groups in total. The fourth-order valence-electron chi connectivity index (χ4n) is 1.56. The molecule has 0 bridgehead atoms. The lowest BCUT2D eigenvalue weighted by molar-refractivity contribution is 0.496. The molecule has 0 aliphatic rings. The number of hydrogen-bond acceptors (Lipinski definition) is 4. The van der Waals surface area contributed by atoms with Gasteiger partial charge in [-0.3, -0.25) is 4.57 Å². The summed E-state index contributed by atoms with van der Waals surface area (Å²) in [5.41, 5.74) is 0. The van der Waals surface area contributed by atoms with Crippen LogP contribution in [-0.2, 0) is 23.2 Å². The first-order chi connectivity index (χ1) is 7.86. The molecular formula is C10H18FN3O2S. The molecule has 0 atom stereocenters. The summed E-state index contributed by atoms with van der Waals surface area (Å²) >= 11 is 0. The molecule has 0 radical (unpaired) electrons. The van der Waals surface area contributed by atoms with Gasteiger partial charge in [0.15, 0.2) is 0 Å². The Hall–Kier alpha value is -0.980. The molecule has 17 heavy (non-hydrogen) atoms. The molecule has 98 valence electrons. The summed E-state index contributed by atoms with van der Waals surface area (Å²) < 4.78 is 36.2. The Bertz CT molecular complexity index is 468. The Morgan fingerprint density at radius 3 is 2.47 bits per heavy atom. The lowest BCUT2D eigenvalue weighted by atomic mass is 10.1. The maximum absolute atomic E-state index is 13.0. The van der Waals surface area contributed by atoms with Crippen molar-refractivity contribution in [2.45, 2.75) is 51.7 Å². The van der Waals surface area contributed by atoms with Crippen LogP contribution in [0.2, 0.25) is 0 Å². The van der Waals surface area contributed by atoms with Crippen LogP contribution in [-0.4, -0.2) is 23.2 Å². The minimum atomic E-state index is -4.79. The molecule has 0 aromatic carbocycles. The van der Waals surface area contributed by atoms with Crippen molar-refractivity contribution in [1.29, 1.82) is 0 Å². The van der Waals surface area contributed by atoms with Crippen molar-refractivity contribution in [1.82, 2.24) is 14.8 Å². The van der Waals surface area contributed by atoms with E-state index in [1.807, 2.05) is 20.8 Å². The van der Waals surface area contributed by atoms with Crippen molar-refractivity contribution in [3.8, 4) is 0 Å². The molecule has 0 spiro atoms. The van der Waals surface area contributed by atoms with Crippen molar-refractivity contribution in [2.75, 3.05) is 0 Å². The van der Waals surface area contributed by atoms with Gasteiger partial charge in [-0.25, -0.2) is 0 Å². The zero-order valence-corrected chi connectivity index (χ0v) is 11.2. The first-order valence-electron chi connectivity index (χ1n) is 5.73. The number of halogens is 1. The van der Waals surface area contributed by atoms with Gasteiger partial charge in [0.05, 0.1) is 0 Å². The highest BCUT2D eigenvalue weighted by molar-refractivity contribution is 7.86. The van der Waals surface area contributed by atoms with E-state index in [1.54, 1.807) is 0 Å². The van der Waals surface area contributed by atoms with Crippen LogP contribution in [0, 0.1) is 5.92 Å². The Morgan fingerprint density at radius 1 is 1.35 bits per heavy atom. The Labute approximate surface area is 101 Å². The minimum Gasteiger partial charge on any atom is -0.300 e. The summed E-state index contributed by atoms with van der Waals surface area (Å²) in [5, 5.41) is 6.64. The first kappa shape index (κ1) is 14.1. The van der Waals surface area contributed by atoms with E-state index in [4.69, 9.17) is 0 Å². The number of aromatic nitrogens is 3. The Morgan fingerprint density at radius 2 is 2.00 bits per heavy atom. The number of hydrogen-bond donors (Lipinski definition) is 0. The quantitative estimate of drug-likeness (QED) is 0.736. The van der Waals surface area contributed by atoms with Crippen molar-refractivity contribution >= 4 is 10.2 Å². The van der Waals surface area contributed by atoms with Crippen LogP contribution in [0.25, 0.3) is 0 Å². The zero-order chi connectivity index (χ0) is 13.1. The minimum absolute atomic E-state index is 0.315. The third kappa shape index (κ3) is 3.76. The van der Waals surface area contributed by atoms with Gasteiger partial charge in [0.25, 0.3) is 5.16 Å². The topological polar surface area (TPSA) is 64.8 Å². The number of unbranched alkanes of at least 4 members (excludes halogenated alkanes) is 1. The van der Waals surface area contributed by atoms with Gasteiger partial charge in [-0.1, -0.05) is 31.1 Å². The van der Waals surface area contributed by atoms with E-state index < -0.39 is 15.4 Å². The molecule has 0 saturated heterocycles. The fourth-order valence-corrected chi connectivity index (χ4v) is 2.15. The molecule has 0 fully saturated rings. The molecule has 5 nitrogen and oxygen atoms in total. The van der Waals surface area contributed by atoms with Crippen LogP contribution < -0.4 is 0 Å². The summed E-state index contributed by atoms with van der Waals surface area (Å²) in [5.74, 6) is 0.847. The van der Waals surface area contributed by atoms with Crippen LogP contribution >= 0.6 is 0 Å². The zero-order valence-electron chi connectivity index (χ0n) is 10.4. The predicted molar refractivity (Wildman–Crippen MR) is 61.8 cm³/mol. The second-order valence-corrected chi connectivity index (χ2v) is 5.68. The van der Waals surface area contributed by atoms with Gasteiger partial charge in [-0.15, -0.1) is 10.2 Å². The van der Waals surface area contributed by atoms with Gasteiger partial charge in [0.2, 0.25) is 0 Å². The lowest BCUT2D eigenvalue weighted by Crippen LogP contribution is -2.12. The van der Waals surface area contributed by atoms with Crippen LogP contribution in [0.1, 0.15) is 39.4 Å². The average Bonchev–Trinajstić information content (AvgIpc) is 2.56. The van der Waals surface area contributed by atoms with Gasteiger partial charge in [-0.05, 0) is 12.3 Å². The molecule has 1 aromatic heterocycles. The Balaban J connectivity index is 3.10. The molecule has 1 aromatic rings. The van der Waals surface area contributed by atoms with Crippen LogP contribution in [0.15, 0.2) is 5.16 Å². The first-order valence-corrected chi connectivity index (χ1v) is 7.11. The molecule has 0 saturated carbocycles. The summed E-state index contributed by atoms with van der Waals surface area (Å²) in [7, 11) is -4.79. The summed E-state index contributed by atoms with van der Waals surface area (Å²) in [6, 6.07) is 0. The van der Waals surface area contributed by atoms with Crippen molar-refractivity contribution in [3.05, 3.63) is 5.82 Å². The van der Waals surface area contributed by atoms with E-state index in [-0.39, 0.29) is 0 Å². The average molecular weight is 263 g/mol. The molecule has 0 unspecified atom stereocenters. The SMILES string of the molecule is CCCCn1c(CC(C)C)nnc1S(=O)(=O)F. The highest BCUT2D eigenvalue weighted by atomic mass is 32.3. The fraction of sp³-hybridized carbons (Fsp3) is 0.800. The van der Waals surface area contributed by atoms with Crippen molar-refractivity contribution in [3.63, 3.8) is 0 Å². The smallest absolute Gasteiger partial charge is 0.300 e. The van der Waals surface area contributed by atoms with E-state index >= 15 is 0 Å². The van der Waals surface area contributed by atoms with Gasteiger partial charge in [-0.2, -0.15) is 8.42 Å². The maximum atomic E-state index is 13.0. The molecule has 1 heterocycles. The molecule has 0 amide bonds. The number of nitrogens with zero attached hydrogens (tertiary/aromatic N) is 3. The molecular weight excluding hydrogens is 245 g/mol. The van der Waals surface area contributed by atoms with E-state index in [1.165, 1.54) is 4.57 Å². The van der Waals surface area contributed by atoms with E-state index in [9.17, 15) is 12.3 Å². The van der Waals surface area contributed by atoms with E-state index in [0.29, 0.717) is 24.7 Å². The third-order valence-electron chi connectivity index (χ3n) is 2.34. The van der Waals surface area contributed by atoms with Crippen molar-refractivity contribution in [2.24, 2.45) is 5.92 Å². The second kappa shape index (κ2) is 5.57. The lowest BCUT2D eigenvalue weighted by Gasteiger charge is -2.09. The van der Waals surface area contributed by atoms with Gasteiger partial charge in [0.1, 0.15) is 5.82 Å². The van der Waals surface area contributed by atoms with Gasteiger partial charge in [0, 0.05) is 13.0 Å². The van der Waals surface area contributed by atoms with E-state index in [2.05, 4.69) is 10.2 Å². The van der Waals surface area contributed by atoms with Gasteiger partial charge >= 0.3 is 10.2 Å².